The number of likely N-dealkylation sites (N-methyl/N-ethyl adjacent to an activating group) is 1. The molecule has 3 N–H and O–H groups in total. The number of aliphatic hydroxyl groups is 1. The van der Waals surface area contributed by atoms with Crippen LogP contribution in [0.1, 0.15) is 25.8 Å². The summed E-state index contributed by atoms with van der Waals surface area (Å²) in [7, 11) is 3.27. The van der Waals surface area contributed by atoms with Gasteiger partial charge < -0.3 is 39.8 Å². The van der Waals surface area contributed by atoms with Crippen molar-refractivity contribution >= 4 is 29.2 Å². The Morgan fingerprint density at radius 2 is 1.82 bits per heavy atom. The van der Waals surface area contributed by atoms with E-state index in [9.17, 15) is 19.5 Å². The lowest BCUT2D eigenvalue weighted by Gasteiger charge is -2.34. The SMILES string of the molecule is COc1ccc(NC(=O)N(C)C[C@H]2Oc3ccc(NC(=O)CCN4CCOCC4)cc3CC(=O)N([C@H](C)CO)C[C@H]2C)cc1. The third-order valence-corrected chi connectivity index (χ3v) is 8.10. The molecule has 2 aromatic carbocycles. The molecule has 1 fully saturated rings. The molecule has 12 nitrogen and oxygen atoms in total. The Balaban J connectivity index is 1.49. The van der Waals surface area contributed by atoms with Crippen LogP contribution in [0.4, 0.5) is 16.2 Å². The summed E-state index contributed by atoms with van der Waals surface area (Å²) in [6, 6.07) is 11.7. The number of rotatable bonds is 10. The summed E-state index contributed by atoms with van der Waals surface area (Å²) in [5, 5.41) is 15.8. The molecule has 0 bridgehead atoms. The summed E-state index contributed by atoms with van der Waals surface area (Å²) in [5.41, 5.74) is 1.83. The molecule has 12 heteroatoms. The Morgan fingerprint density at radius 3 is 2.50 bits per heavy atom. The highest BCUT2D eigenvalue weighted by Crippen LogP contribution is 2.29. The molecule has 2 aliphatic rings. The Kier molecular flexibility index (Phi) is 11.8. The number of methoxy groups -OCH3 is 1. The lowest BCUT2D eigenvalue weighted by atomic mass is 10.0. The predicted molar refractivity (Wildman–Crippen MR) is 167 cm³/mol. The summed E-state index contributed by atoms with van der Waals surface area (Å²) in [5.74, 6) is 0.775. The molecule has 0 spiro atoms. The van der Waals surface area contributed by atoms with E-state index in [1.807, 2.05) is 6.92 Å². The van der Waals surface area contributed by atoms with Gasteiger partial charge in [-0.3, -0.25) is 14.5 Å². The van der Waals surface area contributed by atoms with Crippen molar-refractivity contribution in [2.75, 3.05) is 77.3 Å². The van der Waals surface area contributed by atoms with Gasteiger partial charge in [0.05, 0.1) is 45.9 Å². The zero-order chi connectivity index (χ0) is 31.6. The maximum Gasteiger partial charge on any atom is 0.321 e. The first-order chi connectivity index (χ1) is 21.2. The monoisotopic (exact) mass is 611 g/mol. The van der Waals surface area contributed by atoms with Crippen molar-refractivity contribution in [3.05, 3.63) is 48.0 Å². The van der Waals surface area contributed by atoms with Crippen molar-refractivity contribution in [2.45, 2.75) is 38.8 Å². The molecule has 1 saturated heterocycles. The van der Waals surface area contributed by atoms with Crippen LogP contribution >= 0.6 is 0 Å². The number of morpholine rings is 1. The molecule has 4 amide bonds. The lowest BCUT2D eigenvalue weighted by molar-refractivity contribution is -0.134. The molecule has 4 rings (SSSR count). The van der Waals surface area contributed by atoms with Crippen molar-refractivity contribution in [1.82, 2.24) is 14.7 Å². The van der Waals surface area contributed by atoms with Gasteiger partial charge in [-0.25, -0.2) is 4.79 Å². The molecule has 0 aromatic heterocycles. The van der Waals surface area contributed by atoms with Gasteiger partial charge in [-0.2, -0.15) is 0 Å². The quantitative estimate of drug-likeness (QED) is 0.374. The van der Waals surface area contributed by atoms with Crippen LogP contribution in [-0.2, 0) is 20.7 Å². The van der Waals surface area contributed by atoms with Crippen LogP contribution in [0.3, 0.4) is 0 Å². The predicted octanol–water partition coefficient (Wildman–Crippen LogP) is 2.67. The average molecular weight is 612 g/mol. The minimum atomic E-state index is -0.464. The molecular weight excluding hydrogens is 566 g/mol. The third-order valence-electron chi connectivity index (χ3n) is 8.10. The molecule has 240 valence electrons. The number of aliphatic hydroxyl groups excluding tert-OH is 1. The second-order valence-electron chi connectivity index (χ2n) is 11.5. The minimum absolute atomic E-state index is 0.0460. The van der Waals surface area contributed by atoms with E-state index in [1.54, 1.807) is 73.3 Å². The maximum atomic E-state index is 13.5. The molecule has 3 atom stereocenters. The molecule has 2 aromatic rings. The number of anilines is 2. The van der Waals surface area contributed by atoms with Gasteiger partial charge in [-0.05, 0) is 49.4 Å². The van der Waals surface area contributed by atoms with Crippen molar-refractivity contribution < 1.29 is 33.7 Å². The Hall–Kier alpha value is -3.87. The number of ether oxygens (including phenoxy) is 3. The van der Waals surface area contributed by atoms with E-state index in [-0.39, 0.29) is 43.3 Å². The number of carbonyl (C=O) groups excluding carboxylic acids is 3. The first-order valence-electron chi connectivity index (χ1n) is 15.1. The second kappa shape index (κ2) is 15.7. The summed E-state index contributed by atoms with van der Waals surface area (Å²) in [6.07, 6.45) is -0.0722. The van der Waals surface area contributed by atoms with E-state index in [2.05, 4.69) is 15.5 Å². The van der Waals surface area contributed by atoms with Crippen LogP contribution in [-0.4, -0.2) is 116 Å². The number of benzene rings is 2. The fourth-order valence-corrected chi connectivity index (χ4v) is 5.28. The summed E-state index contributed by atoms with van der Waals surface area (Å²) < 4.78 is 17.1. The van der Waals surface area contributed by atoms with E-state index >= 15 is 0 Å². The summed E-state index contributed by atoms with van der Waals surface area (Å²) in [4.78, 5) is 44.7. The van der Waals surface area contributed by atoms with Crippen LogP contribution in [0, 0.1) is 5.92 Å². The smallest absolute Gasteiger partial charge is 0.321 e. The number of hydrogen-bond donors (Lipinski definition) is 3. The van der Waals surface area contributed by atoms with E-state index in [0.29, 0.717) is 61.2 Å². The fourth-order valence-electron chi connectivity index (χ4n) is 5.28. The number of nitrogens with zero attached hydrogens (tertiary/aromatic N) is 3. The van der Waals surface area contributed by atoms with Gasteiger partial charge in [0.2, 0.25) is 11.8 Å². The average Bonchev–Trinajstić information content (AvgIpc) is 3.07. The van der Waals surface area contributed by atoms with Crippen molar-refractivity contribution in [3.8, 4) is 11.5 Å². The number of carbonyl (C=O) groups is 3. The van der Waals surface area contributed by atoms with Gasteiger partial charge in [-0.15, -0.1) is 0 Å². The number of fused-ring (bicyclic) bond motifs is 1. The van der Waals surface area contributed by atoms with Crippen LogP contribution in [0.5, 0.6) is 11.5 Å². The highest BCUT2D eigenvalue weighted by atomic mass is 16.5. The number of hydrogen-bond acceptors (Lipinski definition) is 8. The first-order valence-corrected chi connectivity index (χ1v) is 15.1. The summed E-state index contributed by atoms with van der Waals surface area (Å²) >= 11 is 0. The molecule has 2 heterocycles. The van der Waals surface area contributed by atoms with Gasteiger partial charge in [-0.1, -0.05) is 6.92 Å². The van der Waals surface area contributed by atoms with Gasteiger partial charge in [0.15, 0.2) is 0 Å². The molecule has 2 aliphatic heterocycles. The number of nitrogens with one attached hydrogen (secondary N) is 2. The summed E-state index contributed by atoms with van der Waals surface area (Å²) in [6.45, 7) is 7.81. The molecule has 0 saturated carbocycles. The number of amides is 4. The molecular formula is C32H45N5O7. The molecule has 44 heavy (non-hydrogen) atoms. The Morgan fingerprint density at radius 1 is 1.11 bits per heavy atom. The van der Waals surface area contributed by atoms with Gasteiger partial charge >= 0.3 is 6.03 Å². The van der Waals surface area contributed by atoms with Crippen LogP contribution in [0.2, 0.25) is 0 Å². The van der Waals surface area contributed by atoms with Crippen molar-refractivity contribution in [3.63, 3.8) is 0 Å². The van der Waals surface area contributed by atoms with Gasteiger partial charge in [0, 0.05) is 62.5 Å². The van der Waals surface area contributed by atoms with E-state index in [1.165, 1.54) is 0 Å². The third kappa shape index (κ3) is 9.07. The zero-order valence-electron chi connectivity index (χ0n) is 26.1. The second-order valence-corrected chi connectivity index (χ2v) is 11.5. The molecule has 0 aliphatic carbocycles. The highest BCUT2D eigenvalue weighted by Gasteiger charge is 2.32. The largest absolute Gasteiger partial charge is 0.497 e. The van der Waals surface area contributed by atoms with Gasteiger partial charge in [0.1, 0.15) is 17.6 Å². The minimum Gasteiger partial charge on any atom is -0.497 e. The van der Waals surface area contributed by atoms with Crippen LogP contribution in [0.25, 0.3) is 0 Å². The zero-order valence-corrected chi connectivity index (χ0v) is 26.1. The Bertz CT molecular complexity index is 1270. The van der Waals surface area contributed by atoms with Gasteiger partial charge in [0.25, 0.3) is 0 Å². The van der Waals surface area contributed by atoms with E-state index in [0.717, 1.165) is 13.1 Å². The molecule has 0 unspecified atom stereocenters. The van der Waals surface area contributed by atoms with Crippen molar-refractivity contribution in [1.29, 1.82) is 0 Å². The standard InChI is InChI=1S/C32H45N5O7/c1-22-19-37(23(2)21-38)31(40)18-24-17-26(33-30(39)11-12-36-13-15-43-16-14-36)7-10-28(24)44-29(22)20-35(3)32(41)34-25-5-8-27(42-4)9-6-25/h5-10,17,22-23,29,38H,11-16,18-21H2,1-4H3,(H,33,39)(H,34,41)/t22-,23-,29-/m1/s1. The van der Waals surface area contributed by atoms with Crippen LogP contribution < -0.4 is 20.1 Å². The lowest BCUT2D eigenvalue weighted by Crippen LogP contribution is -2.48. The number of urea groups is 1. The Labute approximate surface area is 259 Å². The van der Waals surface area contributed by atoms with E-state index < -0.39 is 12.1 Å². The van der Waals surface area contributed by atoms with E-state index in [4.69, 9.17) is 14.2 Å². The highest BCUT2D eigenvalue weighted by molar-refractivity contribution is 5.91. The maximum absolute atomic E-state index is 13.5. The van der Waals surface area contributed by atoms with Crippen LogP contribution in [0.15, 0.2) is 42.5 Å². The first kappa shape index (κ1) is 33.0. The molecule has 0 radical (unpaired) electrons. The fraction of sp³-hybridized carbons (Fsp3) is 0.531. The topological polar surface area (TPSA) is 133 Å². The normalized spacial score (nSPS) is 19.8. The van der Waals surface area contributed by atoms with Crippen molar-refractivity contribution in [2.24, 2.45) is 5.92 Å².